The molecule has 39 heavy (non-hydrogen) atoms. The van der Waals surface area contributed by atoms with Crippen LogP contribution in [0.3, 0.4) is 0 Å². The van der Waals surface area contributed by atoms with E-state index in [1.807, 2.05) is 20.8 Å². The summed E-state index contributed by atoms with van der Waals surface area (Å²) in [5.74, 6) is -0.498. The summed E-state index contributed by atoms with van der Waals surface area (Å²) in [6.07, 6.45) is 3.29. The Morgan fingerprint density at radius 3 is 2.77 bits per heavy atom. The first-order chi connectivity index (χ1) is 18.6. The number of nitrogens with one attached hydrogen (secondary N) is 1. The van der Waals surface area contributed by atoms with Crippen molar-refractivity contribution in [3.8, 4) is 11.1 Å². The fourth-order valence-electron chi connectivity index (χ4n) is 4.18. The number of amides is 2. The van der Waals surface area contributed by atoms with Gasteiger partial charge >= 0.3 is 12.2 Å². The number of aromatic nitrogens is 4. The van der Waals surface area contributed by atoms with Gasteiger partial charge < -0.3 is 19.6 Å². The first kappa shape index (κ1) is 26.1. The highest BCUT2D eigenvalue weighted by molar-refractivity contribution is 5.99. The van der Waals surface area contributed by atoms with E-state index in [0.717, 1.165) is 0 Å². The Morgan fingerprint density at radius 1 is 1.23 bits per heavy atom. The Morgan fingerprint density at radius 2 is 2.08 bits per heavy atom. The van der Waals surface area contributed by atoms with E-state index in [1.54, 1.807) is 47.5 Å². The van der Waals surface area contributed by atoms with Crippen molar-refractivity contribution in [2.75, 3.05) is 18.1 Å². The number of nitrogens with zero attached hydrogens (tertiary/aromatic N) is 6. The van der Waals surface area contributed by atoms with Gasteiger partial charge in [0.2, 0.25) is 0 Å². The topological polar surface area (TPSA) is 133 Å². The van der Waals surface area contributed by atoms with Crippen molar-refractivity contribution >= 4 is 23.6 Å². The van der Waals surface area contributed by atoms with E-state index >= 15 is 4.39 Å². The van der Waals surface area contributed by atoms with Gasteiger partial charge in [0.1, 0.15) is 24.2 Å². The summed E-state index contributed by atoms with van der Waals surface area (Å²) in [5, 5.41) is 14.4. The Labute approximate surface area is 223 Å². The number of oxime groups is 1. The maximum Gasteiger partial charge on any atom is 0.414 e. The lowest BCUT2D eigenvalue weighted by Crippen LogP contribution is -2.41. The number of cyclic esters (lactones) is 1. The molecule has 1 fully saturated rings. The number of carbonyl (C=O) groups excluding carboxylic acids is 2. The number of alkyl carbamates (subject to hydrolysis) is 1. The van der Waals surface area contributed by atoms with Crippen LogP contribution in [0.15, 0.2) is 54.1 Å². The van der Waals surface area contributed by atoms with Crippen LogP contribution in [0.1, 0.15) is 32.9 Å². The fraction of sp³-hybridized carbons (Fsp3) is 0.385. The molecule has 5 rings (SSSR count). The van der Waals surface area contributed by atoms with Gasteiger partial charge in [-0.15, -0.1) is 5.10 Å². The van der Waals surface area contributed by atoms with Crippen LogP contribution in [-0.2, 0) is 20.9 Å². The molecule has 1 N–H and O–H groups in total. The summed E-state index contributed by atoms with van der Waals surface area (Å²) in [7, 11) is 0. The molecule has 4 heterocycles. The summed E-state index contributed by atoms with van der Waals surface area (Å²) in [6.45, 7) is 6.26. The molecule has 0 spiro atoms. The van der Waals surface area contributed by atoms with E-state index in [1.165, 1.54) is 11.0 Å². The molecule has 3 aromatic rings. The van der Waals surface area contributed by atoms with E-state index in [-0.39, 0.29) is 13.2 Å². The quantitative estimate of drug-likeness (QED) is 0.484. The molecule has 2 aliphatic rings. The Hall–Kier alpha value is -4.55. The molecular weight excluding hydrogens is 509 g/mol. The van der Waals surface area contributed by atoms with Crippen molar-refractivity contribution in [2.24, 2.45) is 5.16 Å². The third-order valence-electron chi connectivity index (χ3n) is 5.98. The molecule has 2 aromatic heterocycles. The minimum absolute atomic E-state index is 0.0519. The summed E-state index contributed by atoms with van der Waals surface area (Å²) in [5.41, 5.74) is 2.09. The average molecular weight is 538 g/mol. The van der Waals surface area contributed by atoms with Gasteiger partial charge in [0.25, 0.3) is 0 Å². The van der Waals surface area contributed by atoms with Crippen molar-refractivity contribution < 1.29 is 28.3 Å². The zero-order valence-electron chi connectivity index (χ0n) is 21.7. The van der Waals surface area contributed by atoms with Gasteiger partial charge in [0.15, 0.2) is 6.10 Å². The summed E-state index contributed by atoms with van der Waals surface area (Å²) < 4.78 is 27.3. The molecule has 1 saturated heterocycles. The standard InChI is InChI=1S/C26H28FN7O5/c1-26(2,3)30-24(35)37-15-18-11-23(31-39-18)22-7-4-16(12-28-22)20-6-5-17(10-21(20)27)34-14-19(38-25(34)36)13-33-9-8-29-32-33/h4-10,12,18-19H,11,13-15H2,1-3H3,(H,30,35)/t18-,19-/m0/s1. The van der Waals surface area contributed by atoms with Gasteiger partial charge in [0, 0.05) is 35.5 Å². The molecule has 1 aromatic carbocycles. The second-order valence-corrected chi connectivity index (χ2v) is 10.3. The monoisotopic (exact) mass is 537 g/mol. The summed E-state index contributed by atoms with van der Waals surface area (Å²) >= 11 is 0. The van der Waals surface area contributed by atoms with Crippen LogP contribution >= 0.6 is 0 Å². The van der Waals surface area contributed by atoms with E-state index in [0.29, 0.717) is 41.2 Å². The number of ether oxygens (including phenoxy) is 2. The molecule has 2 amide bonds. The van der Waals surface area contributed by atoms with E-state index < -0.39 is 35.8 Å². The van der Waals surface area contributed by atoms with Gasteiger partial charge in [-0.3, -0.25) is 9.88 Å². The molecular formula is C26H28FN7O5. The Bertz CT molecular complexity index is 1370. The number of pyridine rings is 1. The number of hydrogen-bond donors (Lipinski definition) is 1. The predicted octanol–water partition coefficient (Wildman–Crippen LogP) is 3.52. The van der Waals surface area contributed by atoms with E-state index in [4.69, 9.17) is 14.3 Å². The molecule has 0 radical (unpaired) electrons. The van der Waals surface area contributed by atoms with Crippen LogP contribution in [-0.4, -0.2) is 68.8 Å². The predicted molar refractivity (Wildman–Crippen MR) is 138 cm³/mol. The first-order valence-corrected chi connectivity index (χ1v) is 12.4. The van der Waals surface area contributed by atoms with Gasteiger partial charge in [-0.25, -0.2) is 18.7 Å². The van der Waals surface area contributed by atoms with E-state index in [9.17, 15) is 9.59 Å². The van der Waals surface area contributed by atoms with Crippen molar-refractivity contribution in [2.45, 2.75) is 51.5 Å². The molecule has 12 nitrogen and oxygen atoms in total. The number of carbonyl (C=O) groups is 2. The molecule has 0 bridgehead atoms. The lowest BCUT2D eigenvalue weighted by Gasteiger charge is -2.20. The Kier molecular flexibility index (Phi) is 7.13. The molecule has 204 valence electrons. The molecule has 0 saturated carbocycles. The number of benzene rings is 1. The lowest BCUT2D eigenvalue weighted by atomic mass is 10.0. The molecule has 0 unspecified atom stereocenters. The first-order valence-electron chi connectivity index (χ1n) is 12.4. The van der Waals surface area contributed by atoms with Crippen LogP contribution in [0.25, 0.3) is 11.1 Å². The minimum atomic E-state index is -0.545. The molecule has 13 heteroatoms. The maximum absolute atomic E-state index is 15.1. The maximum atomic E-state index is 15.1. The SMILES string of the molecule is CC(C)(C)NC(=O)OC[C@@H]1CC(c2ccc(-c3ccc(N4C[C@H](Cn5ccnn5)OC4=O)cc3F)cn2)=NO1. The number of halogens is 1. The smallest absolute Gasteiger partial charge is 0.414 e. The minimum Gasteiger partial charge on any atom is -0.445 e. The molecule has 2 aliphatic heterocycles. The van der Waals surface area contributed by atoms with Crippen molar-refractivity contribution in [3.63, 3.8) is 0 Å². The number of hydrogen-bond acceptors (Lipinski definition) is 9. The van der Waals surface area contributed by atoms with Gasteiger partial charge in [0.05, 0.1) is 30.7 Å². The largest absolute Gasteiger partial charge is 0.445 e. The second kappa shape index (κ2) is 10.7. The van der Waals surface area contributed by atoms with Gasteiger partial charge in [-0.05, 0) is 45.0 Å². The normalized spacial score (nSPS) is 18.9. The van der Waals surface area contributed by atoms with Gasteiger partial charge in [-0.1, -0.05) is 16.4 Å². The number of rotatable bonds is 7. The third kappa shape index (κ3) is 6.30. The Balaban J connectivity index is 1.18. The summed E-state index contributed by atoms with van der Waals surface area (Å²) in [6, 6.07) is 8.04. The zero-order valence-corrected chi connectivity index (χ0v) is 21.7. The van der Waals surface area contributed by atoms with Crippen molar-refractivity contribution in [1.82, 2.24) is 25.3 Å². The van der Waals surface area contributed by atoms with Crippen LogP contribution in [0.2, 0.25) is 0 Å². The molecule has 0 aliphatic carbocycles. The van der Waals surface area contributed by atoms with Crippen LogP contribution in [0.4, 0.5) is 19.7 Å². The number of anilines is 1. The van der Waals surface area contributed by atoms with Crippen molar-refractivity contribution in [3.05, 3.63) is 60.4 Å². The fourth-order valence-corrected chi connectivity index (χ4v) is 4.18. The molecule has 2 atom stereocenters. The van der Waals surface area contributed by atoms with Crippen LogP contribution < -0.4 is 10.2 Å². The average Bonchev–Trinajstić information content (AvgIpc) is 3.64. The highest BCUT2D eigenvalue weighted by Crippen LogP contribution is 2.29. The highest BCUT2D eigenvalue weighted by atomic mass is 19.1. The third-order valence-corrected chi connectivity index (χ3v) is 5.98. The van der Waals surface area contributed by atoms with Crippen molar-refractivity contribution in [1.29, 1.82) is 0 Å². The summed E-state index contributed by atoms with van der Waals surface area (Å²) in [4.78, 5) is 35.4. The second-order valence-electron chi connectivity index (χ2n) is 10.3. The van der Waals surface area contributed by atoms with Gasteiger partial charge in [-0.2, -0.15) is 0 Å². The van der Waals surface area contributed by atoms with Crippen LogP contribution in [0, 0.1) is 5.82 Å². The van der Waals surface area contributed by atoms with Crippen LogP contribution in [0.5, 0.6) is 0 Å². The highest BCUT2D eigenvalue weighted by Gasteiger charge is 2.33. The zero-order chi connectivity index (χ0) is 27.6. The lowest BCUT2D eigenvalue weighted by molar-refractivity contribution is 0.0258. The van der Waals surface area contributed by atoms with E-state index in [2.05, 4.69) is 25.8 Å².